The van der Waals surface area contributed by atoms with E-state index in [1.807, 2.05) is 7.05 Å². The molecule has 2 aliphatic carbocycles. The van der Waals surface area contributed by atoms with Gasteiger partial charge in [0.2, 0.25) is 5.91 Å². The fraction of sp³-hybridized carbons (Fsp3) is 0.933. The summed E-state index contributed by atoms with van der Waals surface area (Å²) in [7, 11) is 1.93. The van der Waals surface area contributed by atoms with Gasteiger partial charge in [0, 0.05) is 18.0 Å². The second kappa shape index (κ2) is 6.99. The topological polar surface area (TPSA) is 41.1 Å². The molecule has 0 radical (unpaired) electrons. The first kappa shape index (κ1) is 16.6. The smallest absolute Gasteiger partial charge is 0.353 e. The third-order valence-corrected chi connectivity index (χ3v) is 4.99. The number of rotatable bonds is 3. The largest absolute Gasteiger partial charge is 0.391 e. The van der Waals surface area contributed by atoms with Gasteiger partial charge in [-0.25, -0.2) is 0 Å². The summed E-state index contributed by atoms with van der Waals surface area (Å²) in [6.45, 7) is 0. The Hall–Kier alpha value is -0.780. The van der Waals surface area contributed by atoms with E-state index in [1.54, 1.807) is 0 Å². The summed E-state index contributed by atoms with van der Waals surface area (Å²) in [4.78, 5) is 12.2. The first-order valence-corrected chi connectivity index (χ1v) is 7.94. The Kier molecular flexibility index (Phi) is 5.52. The van der Waals surface area contributed by atoms with Gasteiger partial charge in [0.05, 0.1) is 5.92 Å². The van der Waals surface area contributed by atoms with Gasteiger partial charge in [-0.1, -0.05) is 6.42 Å². The SMILES string of the molecule is CNC1CCC(NC(=O)C2CCCC(C(F)(F)F)C2)CC1. The van der Waals surface area contributed by atoms with Crippen LogP contribution >= 0.6 is 0 Å². The van der Waals surface area contributed by atoms with Crippen LogP contribution in [0.4, 0.5) is 13.2 Å². The summed E-state index contributed by atoms with van der Waals surface area (Å²) >= 11 is 0. The number of amides is 1. The number of alkyl halides is 3. The molecular weight excluding hydrogens is 281 g/mol. The fourth-order valence-electron chi connectivity index (χ4n) is 3.57. The molecule has 2 fully saturated rings. The molecule has 2 saturated carbocycles. The highest BCUT2D eigenvalue weighted by molar-refractivity contribution is 5.79. The fourth-order valence-corrected chi connectivity index (χ4v) is 3.57. The number of nitrogens with one attached hydrogen (secondary N) is 2. The van der Waals surface area contributed by atoms with Crippen LogP contribution in [0.2, 0.25) is 0 Å². The maximum absolute atomic E-state index is 12.8. The van der Waals surface area contributed by atoms with Gasteiger partial charge in [-0.05, 0) is 52.0 Å². The van der Waals surface area contributed by atoms with Crippen molar-refractivity contribution in [2.75, 3.05) is 7.05 Å². The van der Waals surface area contributed by atoms with Crippen molar-refractivity contribution in [2.24, 2.45) is 11.8 Å². The van der Waals surface area contributed by atoms with Crippen LogP contribution in [0.1, 0.15) is 51.4 Å². The molecule has 0 saturated heterocycles. The van der Waals surface area contributed by atoms with Crippen molar-refractivity contribution in [3.63, 3.8) is 0 Å². The van der Waals surface area contributed by atoms with Crippen LogP contribution in [0.25, 0.3) is 0 Å². The van der Waals surface area contributed by atoms with Crippen LogP contribution in [-0.2, 0) is 4.79 Å². The number of hydrogen-bond acceptors (Lipinski definition) is 2. The second-order valence-electron chi connectivity index (χ2n) is 6.45. The molecular formula is C15H25F3N2O. The minimum Gasteiger partial charge on any atom is -0.353 e. The Morgan fingerprint density at radius 3 is 2.19 bits per heavy atom. The minimum atomic E-state index is -4.16. The Balaban J connectivity index is 1.80. The third kappa shape index (κ3) is 4.59. The molecule has 21 heavy (non-hydrogen) atoms. The summed E-state index contributed by atoms with van der Waals surface area (Å²) < 4.78 is 38.3. The molecule has 1 amide bonds. The lowest BCUT2D eigenvalue weighted by molar-refractivity contribution is -0.186. The van der Waals surface area contributed by atoms with Crippen molar-refractivity contribution < 1.29 is 18.0 Å². The Morgan fingerprint density at radius 2 is 1.62 bits per heavy atom. The summed E-state index contributed by atoms with van der Waals surface area (Å²) in [6, 6.07) is 0.635. The van der Waals surface area contributed by atoms with Gasteiger partial charge in [-0.3, -0.25) is 4.79 Å². The lowest BCUT2D eigenvalue weighted by Gasteiger charge is -2.33. The summed E-state index contributed by atoms with van der Waals surface area (Å²) in [5, 5.41) is 6.20. The molecule has 2 N–H and O–H groups in total. The number of carbonyl (C=O) groups excluding carboxylic acids is 1. The molecule has 0 bridgehead atoms. The molecule has 0 aliphatic heterocycles. The molecule has 2 unspecified atom stereocenters. The third-order valence-electron chi connectivity index (χ3n) is 4.99. The second-order valence-corrected chi connectivity index (χ2v) is 6.45. The lowest BCUT2D eigenvalue weighted by atomic mass is 9.80. The van der Waals surface area contributed by atoms with E-state index >= 15 is 0 Å². The molecule has 0 heterocycles. The average Bonchev–Trinajstić information content (AvgIpc) is 2.47. The van der Waals surface area contributed by atoms with Crippen molar-refractivity contribution in [3.05, 3.63) is 0 Å². The zero-order chi connectivity index (χ0) is 15.5. The van der Waals surface area contributed by atoms with E-state index in [-0.39, 0.29) is 24.8 Å². The average molecular weight is 306 g/mol. The summed E-state index contributed by atoms with van der Waals surface area (Å²) in [5.41, 5.74) is 0. The van der Waals surface area contributed by atoms with Gasteiger partial charge < -0.3 is 10.6 Å². The molecule has 6 heteroatoms. The molecule has 3 nitrogen and oxygen atoms in total. The van der Waals surface area contributed by atoms with E-state index in [0.29, 0.717) is 18.9 Å². The van der Waals surface area contributed by atoms with Gasteiger partial charge in [-0.15, -0.1) is 0 Å². The zero-order valence-electron chi connectivity index (χ0n) is 12.5. The van der Waals surface area contributed by atoms with Gasteiger partial charge >= 0.3 is 6.18 Å². The normalized spacial score (nSPS) is 34.5. The van der Waals surface area contributed by atoms with E-state index in [4.69, 9.17) is 0 Å². The van der Waals surface area contributed by atoms with Crippen molar-refractivity contribution in [1.29, 1.82) is 0 Å². The van der Waals surface area contributed by atoms with E-state index < -0.39 is 18.0 Å². The maximum atomic E-state index is 12.8. The van der Waals surface area contributed by atoms with Crippen molar-refractivity contribution in [2.45, 2.75) is 69.6 Å². The van der Waals surface area contributed by atoms with Gasteiger partial charge in [0.25, 0.3) is 0 Å². The standard InChI is InChI=1S/C15H25F3N2O/c1-19-12-5-7-13(8-6-12)20-14(21)10-3-2-4-11(9-10)15(16,17)18/h10-13,19H,2-9H2,1H3,(H,20,21). The Bertz CT molecular complexity index is 351. The predicted octanol–water partition coefficient (Wildman–Crippen LogP) is 3.00. The quantitative estimate of drug-likeness (QED) is 0.841. The first-order valence-electron chi connectivity index (χ1n) is 7.94. The number of carbonyl (C=O) groups is 1. The maximum Gasteiger partial charge on any atom is 0.391 e. The lowest BCUT2D eigenvalue weighted by Crippen LogP contribution is -2.45. The van der Waals surface area contributed by atoms with Gasteiger partial charge in [0.1, 0.15) is 0 Å². The summed E-state index contributed by atoms with van der Waals surface area (Å²) in [5.74, 6) is -1.94. The van der Waals surface area contributed by atoms with Crippen LogP contribution < -0.4 is 10.6 Å². The van der Waals surface area contributed by atoms with E-state index in [0.717, 1.165) is 25.7 Å². The molecule has 2 rings (SSSR count). The van der Waals surface area contributed by atoms with Crippen molar-refractivity contribution >= 4 is 5.91 Å². The molecule has 122 valence electrons. The van der Waals surface area contributed by atoms with Crippen LogP contribution in [0.15, 0.2) is 0 Å². The highest BCUT2D eigenvalue weighted by atomic mass is 19.4. The van der Waals surface area contributed by atoms with Crippen LogP contribution in [0.5, 0.6) is 0 Å². The monoisotopic (exact) mass is 306 g/mol. The van der Waals surface area contributed by atoms with Gasteiger partial charge in [0.15, 0.2) is 0 Å². The van der Waals surface area contributed by atoms with Crippen molar-refractivity contribution in [3.8, 4) is 0 Å². The Morgan fingerprint density at radius 1 is 1.00 bits per heavy atom. The van der Waals surface area contributed by atoms with Crippen LogP contribution in [0.3, 0.4) is 0 Å². The highest BCUT2D eigenvalue weighted by Crippen LogP contribution is 2.40. The zero-order valence-corrected chi connectivity index (χ0v) is 12.5. The molecule has 0 aromatic carbocycles. The van der Waals surface area contributed by atoms with Crippen LogP contribution in [-0.4, -0.2) is 31.2 Å². The van der Waals surface area contributed by atoms with E-state index in [1.165, 1.54) is 0 Å². The minimum absolute atomic E-state index is 0.0405. The Labute approximate surface area is 124 Å². The van der Waals surface area contributed by atoms with Crippen molar-refractivity contribution in [1.82, 2.24) is 10.6 Å². The van der Waals surface area contributed by atoms with Gasteiger partial charge in [-0.2, -0.15) is 13.2 Å². The number of hydrogen-bond donors (Lipinski definition) is 2. The first-order chi connectivity index (χ1) is 9.90. The van der Waals surface area contributed by atoms with E-state index in [2.05, 4.69) is 10.6 Å². The molecule has 0 spiro atoms. The number of halogens is 3. The molecule has 2 aliphatic rings. The summed E-state index contributed by atoms with van der Waals surface area (Å²) in [6.07, 6.45) is 0.887. The molecule has 2 atom stereocenters. The molecule has 0 aromatic heterocycles. The van der Waals surface area contributed by atoms with E-state index in [9.17, 15) is 18.0 Å². The highest BCUT2D eigenvalue weighted by Gasteiger charge is 2.43. The predicted molar refractivity (Wildman–Crippen MR) is 74.7 cm³/mol. The molecule has 0 aromatic rings. The van der Waals surface area contributed by atoms with Crippen LogP contribution in [0, 0.1) is 11.8 Å².